The molecule has 208 valence electrons. The summed E-state index contributed by atoms with van der Waals surface area (Å²) < 4.78 is 36.0. The lowest BCUT2D eigenvalue weighted by molar-refractivity contribution is -0.149. The number of rotatable bonds is 9. The first-order valence-corrected chi connectivity index (χ1v) is 14.1. The third-order valence-electron chi connectivity index (χ3n) is 6.49. The number of hydrogen-bond donors (Lipinski definition) is 2. The molecular formula is C29H28ClN3O6S. The number of aromatic nitrogens is 2. The molecule has 1 heterocycles. The van der Waals surface area contributed by atoms with Crippen molar-refractivity contribution < 1.29 is 27.9 Å². The fourth-order valence-electron chi connectivity index (χ4n) is 4.45. The van der Waals surface area contributed by atoms with Crippen LogP contribution in [-0.2, 0) is 19.6 Å². The number of aryl methyl sites for hydroxylation is 3. The molecule has 9 nitrogen and oxygen atoms in total. The summed E-state index contributed by atoms with van der Waals surface area (Å²) in [5.41, 5.74) is 4.18. The molecular weight excluding hydrogens is 554 g/mol. The highest BCUT2D eigenvalue weighted by Crippen LogP contribution is 2.35. The van der Waals surface area contributed by atoms with Crippen molar-refractivity contribution in [3.8, 4) is 5.69 Å². The second-order valence-corrected chi connectivity index (χ2v) is 11.6. The highest BCUT2D eigenvalue weighted by Gasteiger charge is 2.30. The van der Waals surface area contributed by atoms with Crippen LogP contribution in [-0.4, -0.2) is 41.1 Å². The van der Waals surface area contributed by atoms with Crippen molar-refractivity contribution in [3.63, 3.8) is 0 Å². The number of esters is 1. The van der Waals surface area contributed by atoms with E-state index in [-0.39, 0.29) is 10.5 Å². The lowest BCUT2D eigenvalue weighted by atomic mass is 9.89. The molecule has 0 saturated heterocycles. The number of nitrogens with one attached hydrogen (secondary N) is 1. The van der Waals surface area contributed by atoms with E-state index in [1.54, 1.807) is 37.1 Å². The molecule has 2 N–H and O–H groups in total. The minimum Gasteiger partial charge on any atom is -0.478 e. The van der Waals surface area contributed by atoms with Gasteiger partial charge in [0.25, 0.3) is 0 Å². The Bertz CT molecular complexity index is 1650. The summed E-state index contributed by atoms with van der Waals surface area (Å²) in [6, 6.07) is 13.0. The van der Waals surface area contributed by atoms with E-state index in [1.807, 2.05) is 25.1 Å². The van der Waals surface area contributed by atoms with Gasteiger partial charge in [-0.2, -0.15) is 4.72 Å². The molecule has 4 aromatic rings. The van der Waals surface area contributed by atoms with Crippen LogP contribution in [0.2, 0.25) is 5.02 Å². The van der Waals surface area contributed by atoms with Crippen LogP contribution in [0.15, 0.2) is 78.2 Å². The van der Waals surface area contributed by atoms with E-state index in [1.165, 1.54) is 43.3 Å². The molecule has 0 unspecified atom stereocenters. The van der Waals surface area contributed by atoms with Crippen molar-refractivity contribution in [1.29, 1.82) is 0 Å². The zero-order chi connectivity index (χ0) is 29.2. The van der Waals surface area contributed by atoms with Crippen LogP contribution in [0.3, 0.4) is 0 Å². The summed E-state index contributed by atoms with van der Waals surface area (Å²) in [5, 5.41) is 9.91. The summed E-state index contributed by atoms with van der Waals surface area (Å²) in [4.78, 5) is 29.1. The van der Waals surface area contributed by atoms with Gasteiger partial charge >= 0.3 is 11.9 Å². The molecule has 0 aliphatic rings. The van der Waals surface area contributed by atoms with E-state index < -0.39 is 34.1 Å². The largest absolute Gasteiger partial charge is 0.478 e. The lowest BCUT2D eigenvalue weighted by Gasteiger charge is -2.26. The van der Waals surface area contributed by atoms with E-state index in [2.05, 4.69) is 9.71 Å². The fraction of sp³-hybridized carbons (Fsp3) is 0.207. The van der Waals surface area contributed by atoms with Gasteiger partial charge in [-0.05, 0) is 92.9 Å². The van der Waals surface area contributed by atoms with Crippen LogP contribution >= 0.6 is 11.6 Å². The molecule has 0 fully saturated rings. The van der Waals surface area contributed by atoms with Gasteiger partial charge in [0.2, 0.25) is 10.0 Å². The molecule has 0 saturated carbocycles. The van der Waals surface area contributed by atoms with Crippen LogP contribution in [0, 0.1) is 20.8 Å². The lowest BCUT2D eigenvalue weighted by Crippen LogP contribution is -2.40. The topological polar surface area (TPSA) is 128 Å². The number of halogens is 1. The van der Waals surface area contributed by atoms with Crippen LogP contribution in [0.4, 0.5) is 0 Å². The zero-order valence-electron chi connectivity index (χ0n) is 22.3. The standard InChI is InChI=1S/C29H28ClN3O6S/c1-17-5-8-23(33-12-11-31-16-33)15-25(17)27(26-18(2)13-21(28(34)35)14-19(26)3)39-29(36)20(4)32-40(37,38)24-9-6-22(30)7-10-24/h5-16,20,27,32H,1-4H3,(H,34,35)/t20-,27-/m0/s1. The molecule has 40 heavy (non-hydrogen) atoms. The van der Waals surface area contributed by atoms with Gasteiger partial charge in [0.1, 0.15) is 6.04 Å². The summed E-state index contributed by atoms with van der Waals surface area (Å²) in [7, 11) is -4.05. The Hall–Kier alpha value is -3.99. The molecule has 1 aromatic heterocycles. The van der Waals surface area contributed by atoms with Gasteiger partial charge in [0, 0.05) is 34.2 Å². The summed E-state index contributed by atoms with van der Waals surface area (Å²) >= 11 is 5.87. The number of benzene rings is 3. The SMILES string of the molecule is Cc1ccc(-n2ccnc2)cc1[C@H](OC(=O)[C@H](C)NS(=O)(=O)c1ccc(Cl)cc1)c1c(C)cc(C(=O)O)cc1C. The molecule has 3 aromatic carbocycles. The quantitative estimate of drug-likeness (QED) is 0.262. The number of imidazole rings is 1. The molecule has 0 aliphatic carbocycles. The van der Waals surface area contributed by atoms with Crippen LogP contribution in [0.25, 0.3) is 5.69 Å². The van der Waals surface area contributed by atoms with E-state index in [0.29, 0.717) is 27.3 Å². The second-order valence-electron chi connectivity index (χ2n) is 9.45. The molecule has 0 aliphatic heterocycles. The number of aromatic carboxylic acids is 1. The molecule has 11 heteroatoms. The van der Waals surface area contributed by atoms with E-state index in [9.17, 15) is 23.1 Å². The number of carbonyl (C=O) groups is 2. The molecule has 0 radical (unpaired) electrons. The number of ether oxygens (including phenoxy) is 1. The van der Waals surface area contributed by atoms with Gasteiger partial charge in [-0.25, -0.2) is 18.2 Å². The molecule has 4 rings (SSSR count). The van der Waals surface area contributed by atoms with Crippen molar-refractivity contribution in [2.24, 2.45) is 0 Å². The van der Waals surface area contributed by atoms with Crippen LogP contribution in [0.1, 0.15) is 51.2 Å². The Labute approximate surface area is 237 Å². The van der Waals surface area contributed by atoms with Gasteiger partial charge < -0.3 is 14.4 Å². The molecule has 0 bridgehead atoms. The maximum Gasteiger partial charge on any atom is 0.335 e. The van der Waals surface area contributed by atoms with E-state index in [4.69, 9.17) is 16.3 Å². The predicted molar refractivity (Wildman–Crippen MR) is 150 cm³/mol. The Morgan fingerprint density at radius 3 is 2.23 bits per heavy atom. The fourth-order valence-corrected chi connectivity index (χ4v) is 5.77. The second kappa shape index (κ2) is 11.6. The molecule has 0 spiro atoms. The van der Waals surface area contributed by atoms with Gasteiger partial charge in [-0.3, -0.25) is 4.79 Å². The third-order valence-corrected chi connectivity index (χ3v) is 8.30. The van der Waals surface area contributed by atoms with Gasteiger partial charge in [-0.1, -0.05) is 17.7 Å². The number of hydrogen-bond acceptors (Lipinski definition) is 6. The number of carboxylic acids is 1. The number of sulfonamides is 1. The maximum absolute atomic E-state index is 13.4. The van der Waals surface area contributed by atoms with Gasteiger partial charge in [-0.15, -0.1) is 0 Å². The highest BCUT2D eigenvalue weighted by atomic mass is 35.5. The Kier molecular flexibility index (Phi) is 8.43. The zero-order valence-corrected chi connectivity index (χ0v) is 23.8. The minimum atomic E-state index is -4.05. The molecule has 2 atom stereocenters. The summed E-state index contributed by atoms with van der Waals surface area (Å²) in [6.45, 7) is 6.76. The maximum atomic E-state index is 13.4. The first-order chi connectivity index (χ1) is 18.9. The third kappa shape index (κ3) is 6.25. The molecule has 0 amide bonds. The number of carboxylic acid groups (broad SMARTS) is 1. The van der Waals surface area contributed by atoms with Crippen molar-refractivity contribution in [2.75, 3.05) is 0 Å². The van der Waals surface area contributed by atoms with Crippen molar-refractivity contribution in [3.05, 3.63) is 112 Å². The first kappa shape index (κ1) is 29.0. The smallest absolute Gasteiger partial charge is 0.335 e. The van der Waals surface area contributed by atoms with E-state index >= 15 is 0 Å². The Balaban J connectivity index is 1.74. The average molecular weight is 582 g/mol. The first-order valence-electron chi connectivity index (χ1n) is 12.3. The predicted octanol–water partition coefficient (Wildman–Crippen LogP) is 5.15. The number of carbonyl (C=O) groups excluding carboxylic acids is 1. The van der Waals surface area contributed by atoms with Gasteiger partial charge in [0.05, 0.1) is 16.8 Å². The Morgan fingerprint density at radius 2 is 1.65 bits per heavy atom. The highest BCUT2D eigenvalue weighted by molar-refractivity contribution is 7.89. The van der Waals surface area contributed by atoms with Crippen molar-refractivity contribution in [2.45, 2.75) is 44.7 Å². The summed E-state index contributed by atoms with van der Waals surface area (Å²) in [5.74, 6) is -1.88. The Morgan fingerprint density at radius 1 is 1.00 bits per heavy atom. The minimum absolute atomic E-state index is 0.0482. The van der Waals surface area contributed by atoms with Crippen molar-refractivity contribution in [1.82, 2.24) is 14.3 Å². The average Bonchev–Trinajstić information content (AvgIpc) is 3.43. The van der Waals surface area contributed by atoms with Gasteiger partial charge in [0.15, 0.2) is 6.10 Å². The normalized spacial score (nSPS) is 13.0. The van der Waals surface area contributed by atoms with Crippen molar-refractivity contribution >= 4 is 33.6 Å². The number of nitrogens with zero attached hydrogens (tertiary/aromatic N) is 2. The monoisotopic (exact) mass is 581 g/mol. The summed E-state index contributed by atoms with van der Waals surface area (Å²) in [6.07, 6.45) is 4.11. The van der Waals surface area contributed by atoms with Crippen LogP contribution in [0.5, 0.6) is 0 Å². The van der Waals surface area contributed by atoms with Crippen LogP contribution < -0.4 is 4.72 Å². The van der Waals surface area contributed by atoms with E-state index in [0.717, 1.165) is 11.3 Å².